The predicted octanol–water partition coefficient (Wildman–Crippen LogP) is 4.73. The number of nitrogens with zero attached hydrogens (tertiary/aromatic N) is 2. The van der Waals surface area contributed by atoms with E-state index in [0.29, 0.717) is 17.5 Å². The fourth-order valence-corrected chi connectivity index (χ4v) is 2.75. The zero-order valence-corrected chi connectivity index (χ0v) is 15.8. The van der Waals surface area contributed by atoms with Gasteiger partial charge in [0.2, 0.25) is 5.82 Å². The molecule has 3 aromatic carbocycles. The summed E-state index contributed by atoms with van der Waals surface area (Å²) in [6, 6.07) is 24.4. The fraction of sp³-hybridized carbons (Fsp3) is 0.0870. The van der Waals surface area contributed by atoms with Gasteiger partial charge < -0.3 is 14.6 Å². The Morgan fingerprint density at radius 3 is 2.55 bits per heavy atom. The second-order valence-electron chi connectivity index (χ2n) is 6.52. The van der Waals surface area contributed by atoms with Gasteiger partial charge in [0.25, 0.3) is 11.8 Å². The molecule has 6 nitrogen and oxygen atoms in total. The highest BCUT2D eigenvalue weighted by Crippen LogP contribution is 2.25. The van der Waals surface area contributed by atoms with Gasteiger partial charge in [-0.15, -0.1) is 0 Å². The average molecular weight is 385 g/mol. The second-order valence-corrected chi connectivity index (χ2v) is 6.52. The van der Waals surface area contributed by atoms with Gasteiger partial charge in [-0.1, -0.05) is 53.2 Å². The Kier molecular flexibility index (Phi) is 5.33. The van der Waals surface area contributed by atoms with Crippen LogP contribution in [0.25, 0.3) is 22.8 Å². The summed E-state index contributed by atoms with van der Waals surface area (Å²) in [6.45, 7) is 1.92. The number of anilines is 1. The van der Waals surface area contributed by atoms with Crippen molar-refractivity contribution in [3.05, 3.63) is 84.4 Å². The molecule has 0 saturated carbocycles. The van der Waals surface area contributed by atoms with E-state index in [1.165, 1.54) is 0 Å². The molecule has 0 aliphatic heterocycles. The fourth-order valence-electron chi connectivity index (χ4n) is 2.75. The molecular formula is C23H19N3O3. The van der Waals surface area contributed by atoms with Crippen molar-refractivity contribution >= 4 is 11.6 Å². The lowest BCUT2D eigenvalue weighted by Crippen LogP contribution is -2.20. The van der Waals surface area contributed by atoms with Crippen LogP contribution in [0, 0.1) is 6.92 Å². The van der Waals surface area contributed by atoms with Crippen molar-refractivity contribution in [3.63, 3.8) is 0 Å². The summed E-state index contributed by atoms with van der Waals surface area (Å²) in [6.07, 6.45) is 0. The average Bonchev–Trinajstić information content (AvgIpc) is 3.24. The molecule has 1 heterocycles. The van der Waals surface area contributed by atoms with Crippen molar-refractivity contribution in [1.82, 2.24) is 10.1 Å². The topological polar surface area (TPSA) is 77.2 Å². The van der Waals surface area contributed by atoms with E-state index in [1.807, 2.05) is 73.7 Å². The molecule has 1 N–H and O–H groups in total. The molecule has 1 amide bonds. The minimum absolute atomic E-state index is 0.0980. The molecule has 0 aliphatic rings. The zero-order chi connectivity index (χ0) is 20.1. The van der Waals surface area contributed by atoms with Gasteiger partial charge in [-0.25, -0.2) is 0 Å². The Labute approximate surface area is 168 Å². The number of hydrogen-bond acceptors (Lipinski definition) is 5. The number of nitrogens with one attached hydrogen (secondary N) is 1. The summed E-state index contributed by atoms with van der Waals surface area (Å²) in [5.74, 6) is 1.23. The Balaban J connectivity index is 1.42. The number of amides is 1. The van der Waals surface area contributed by atoms with Gasteiger partial charge in [0.05, 0.1) is 0 Å². The second kappa shape index (κ2) is 8.39. The third kappa shape index (κ3) is 4.68. The monoisotopic (exact) mass is 385 g/mol. The molecule has 0 unspecified atom stereocenters. The van der Waals surface area contributed by atoms with Gasteiger partial charge in [0, 0.05) is 16.8 Å². The van der Waals surface area contributed by atoms with E-state index >= 15 is 0 Å². The first-order valence-corrected chi connectivity index (χ1v) is 9.16. The number of rotatable bonds is 6. The van der Waals surface area contributed by atoms with Crippen LogP contribution in [-0.4, -0.2) is 22.7 Å². The molecular weight excluding hydrogens is 366 g/mol. The van der Waals surface area contributed by atoms with Crippen molar-refractivity contribution in [1.29, 1.82) is 0 Å². The molecule has 0 radical (unpaired) electrons. The van der Waals surface area contributed by atoms with Crippen LogP contribution in [0.5, 0.6) is 5.75 Å². The maximum Gasteiger partial charge on any atom is 0.262 e. The summed E-state index contributed by atoms with van der Waals surface area (Å²) in [4.78, 5) is 16.5. The summed E-state index contributed by atoms with van der Waals surface area (Å²) < 4.78 is 11.0. The maximum absolute atomic E-state index is 12.0. The number of benzene rings is 3. The third-order valence-corrected chi connectivity index (χ3v) is 4.24. The van der Waals surface area contributed by atoms with Crippen molar-refractivity contribution < 1.29 is 14.1 Å². The normalized spacial score (nSPS) is 10.5. The van der Waals surface area contributed by atoms with Crippen molar-refractivity contribution in [2.45, 2.75) is 6.92 Å². The lowest BCUT2D eigenvalue weighted by atomic mass is 10.1. The van der Waals surface area contributed by atoms with E-state index in [9.17, 15) is 4.79 Å². The molecule has 0 saturated heterocycles. The molecule has 0 aliphatic carbocycles. The van der Waals surface area contributed by atoms with Gasteiger partial charge >= 0.3 is 0 Å². The lowest BCUT2D eigenvalue weighted by Gasteiger charge is -2.08. The minimum Gasteiger partial charge on any atom is -0.484 e. The minimum atomic E-state index is -0.233. The van der Waals surface area contributed by atoms with E-state index < -0.39 is 0 Å². The molecule has 0 bridgehead atoms. The molecule has 6 heteroatoms. The van der Waals surface area contributed by atoms with Crippen LogP contribution >= 0.6 is 0 Å². The summed E-state index contributed by atoms with van der Waals surface area (Å²) >= 11 is 0. The van der Waals surface area contributed by atoms with Crippen LogP contribution in [0.4, 0.5) is 5.69 Å². The van der Waals surface area contributed by atoms with Crippen LogP contribution in [0.15, 0.2) is 83.4 Å². The van der Waals surface area contributed by atoms with E-state index in [1.54, 1.807) is 12.1 Å². The van der Waals surface area contributed by atoms with Crippen molar-refractivity contribution in [2.75, 3.05) is 11.9 Å². The number of carbonyl (C=O) groups is 1. The first kappa shape index (κ1) is 18.4. The van der Waals surface area contributed by atoms with Crippen LogP contribution in [0.3, 0.4) is 0 Å². The molecule has 4 aromatic rings. The Bertz CT molecular complexity index is 1110. The number of para-hydroxylation sites is 1. The highest BCUT2D eigenvalue weighted by Gasteiger charge is 2.12. The maximum atomic E-state index is 12.0. The van der Waals surface area contributed by atoms with E-state index in [-0.39, 0.29) is 12.5 Å². The summed E-state index contributed by atoms with van der Waals surface area (Å²) in [5.41, 5.74) is 3.49. The molecule has 144 valence electrons. The Hall–Kier alpha value is -3.93. The first-order chi connectivity index (χ1) is 14.2. The smallest absolute Gasteiger partial charge is 0.262 e. The summed E-state index contributed by atoms with van der Waals surface area (Å²) in [7, 11) is 0. The van der Waals surface area contributed by atoms with Gasteiger partial charge in [0.1, 0.15) is 5.75 Å². The lowest BCUT2D eigenvalue weighted by molar-refractivity contribution is -0.118. The molecule has 0 spiro atoms. The zero-order valence-electron chi connectivity index (χ0n) is 15.8. The number of ether oxygens (including phenoxy) is 1. The molecule has 4 rings (SSSR count). The number of aromatic nitrogens is 2. The SMILES string of the molecule is Cc1ccc(-c2nc(-c3cccc(OCC(=O)Nc4ccccc4)c3)no2)cc1. The van der Waals surface area contributed by atoms with E-state index in [4.69, 9.17) is 9.26 Å². The number of carbonyl (C=O) groups excluding carboxylic acids is 1. The third-order valence-electron chi connectivity index (χ3n) is 4.24. The highest BCUT2D eigenvalue weighted by atomic mass is 16.5. The van der Waals surface area contributed by atoms with Crippen LogP contribution in [0.2, 0.25) is 0 Å². The van der Waals surface area contributed by atoms with Gasteiger partial charge in [-0.2, -0.15) is 4.98 Å². The first-order valence-electron chi connectivity index (χ1n) is 9.16. The highest BCUT2D eigenvalue weighted by molar-refractivity contribution is 5.91. The van der Waals surface area contributed by atoms with Crippen LogP contribution in [0.1, 0.15) is 5.56 Å². The number of aryl methyl sites for hydroxylation is 1. The predicted molar refractivity (Wildman–Crippen MR) is 110 cm³/mol. The molecule has 0 atom stereocenters. The van der Waals surface area contributed by atoms with Gasteiger partial charge in [-0.05, 0) is 43.3 Å². The van der Waals surface area contributed by atoms with Crippen molar-refractivity contribution in [3.8, 4) is 28.6 Å². The largest absolute Gasteiger partial charge is 0.484 e. The van der Waals surface area contributed by atoms with Crippen LogP contribution in [-0.2, 0) is 4.79 Å². The van der Waals surface area contributed by atoms with Gasteiger partial charge in [0.15, 0.2) is 6.61 Å². The van der Waals surface area contributed by atoms with Gasteiger partial charge in [-0.3, -0.25) is 4.79 Å². The van der Waals surface area contributed by atoms with E-state index in [2.05, 4.69) is 15.5 Å². The molecule has 29 heavy (non-hydrogen) atoms. The quantitative estimate of drug-likeness (QED) is 0.519. The Morgan fingerprint density at radius 1 is 0.966 bits per heavy atom. The standard InChI is InChI=1S/C23H19N3O3/c1-16-10-12-17(13-11-16)23-25-22(26-29-23)18-6-5-9-20(14-18)28-15-21(27)24-19-7-3-2-4-8-19/h2-14H,15H2,1H3,(H,24,27). The van der Waals surface area contributed by atoms with Crippen molar-refractivity contribution in [2.24, 2.45) is 0 Å². The van der Waals surface area contributed by atoms with E-state index in [0.717, 1.165) is 22.4 Å². The number of hydrogen-bond donors (Lipinski definition) is 1. The molecule has 0 fully saturated rings. The van der Waals surface area contributed by atoms with Crippen LogP contribution < -0.4 is 10.1 Å². The molecule has 1 aromatic heterocycles. The summed E-state index contributed by atoms with van der Waals surface area (Å²) in [5, 5.41) is 6.84. The Morgan fingerprint density at radius 2 is 1.76 bits per heavy atom.